The summed E-state index contributed by atoms with van der Waals surface area (Å²) in [5.74, 6) is -0.802. The van der Waals surface area contributed by atoms with Crippen molar-refractivity contribution in [2.24, 2.45) is 0 Å². The smallest absolute Gasteiger partial charge is 0.265 e. The van der Waals surface area contributed by atoms with Crippen molar-refractivity contribution in [3.63, 3.8) is 0 Å². The fraction of sp³-hybridized carbons (Fsp3) is 0.160. The average molecular weight is 415 g/mol. The monoisotopic (exact) mass is 415 g/mol. The van der Waals surface area contributed by atoms with Gasteiger partial charge in [-0.1, -0.05) is 49.4 Å². The molecule has 0 unspecified atom stereocenters. The molecule has 0 aliphatic rings. The average Bonchev–Trinajstić information content (AvgIpc) is 2.77. The molecule has 156 valence electrons. The van der Waals surface area contributed by atoms with E-state index in [4.69, 9.17) is 0 Å². The summed E-state index contributed by atoms with van der Waals surface area (Å²) in [7, 11) is 0. The van der Waals surface area contributed by atoms with Gasteiger partial charge in [-0.3, -0.25) is 14.2 Å². The van der Waals surface area contributed by atoms with Crippen molar-refractivity contribution < 1.29 is 9.18 Å². The molecular formula is C25H22FN3O2. The summed E-state index contributed by atoms with van der Waals surface area (Å²) in [5.41, 5.74) is 1.68. The van der Waals surface area contributed by atoms with Gasteiger partial charge < -0.3 is 5.32 Å². The molecule has 0 aliphatic heterocycles. The van der Waals surface area contributed by atoms with Crippen LogP contribution in [0, 0.1) is 12.7 Å². The minimum Gasteiger partial charge on any atom is -0.323 e. The number of nitrogens with zero attached hydrogens (tertiary/aromatic N) is 2. The van der Waals surface area contributed by atoms with Crippen LogP contribution in [0.1, 0.15) is 30.7 Å². The summed E-state index contributed by atoms with van der Waals surface area (Å²) >= 11 is 0. The molecule has 3 aromatic carbocycles. The number of aromatic nitrogens is 2. The van der Waals surface area contributed by atoms with Gasteiger partial charge in [0.1, 0.15) is 11.6 Å². The van der Waals surface area contributed by atoms with Crippen LogP contribution in [0.15, 0.2) is 77.6 Å². The second-order valence-electron chi connectivity index (χ2n) is 7.34. The van der Waals surface area contributed by atoms with E-state index in [9.17, 15) is 14.0 Å². The summed E-state index contributed by atoms with van der Waals surface area (Å²) in [6.45, 7) is 3.63. The van der Waals surface area contributed by atoms with Crippen LogP contribution in [0.3, 0.4) is 0 Å². The van der Waals surface area contributed by atoms with E-state index in [1.165, 1.54) is 22.8 Å². The van der Waals surface area contributed by atoms with Crippen LogP contribution in [0.5, 0.6) is 0 Å². The summed E-state index contributed by atoms with van der Waals surface area (Å²) < 4.78 is 16.0. The largest absolute Gasteiger partial charge is 0.323 e. The van der Waals surface area contributed by atoms with Crippen LogP contribution in [-0.2, 0) is 4.79 Å². The molecule has 0 bridgehead atoms. The lowest BCUT2D eigenvalue weighted by atomic mass is 9.95. The number of halogens is 1. The standard InChI is InChI=1S/C25H22FN3O2/c1-3-19(17-9-5-4-6-10-17)24(30)28-23-15-18(13-14-21(23)26)29-16(2)27-22-12-8-7-11-20(22)25(29)31/h4-15,19H,3H2,1-2H3,(H,28,30)/t19-/m1/s1. The van der Waals surface area contributed by atoms with E-state index < -0.39 is 11.7 Å². The van der Waals surface area contributed by atoms with Gasteiger partial charge in [0.2, 0.25) is 5.91 Å². The van der Waals surface area contributed by atoms with Gasteiger partial charge in [-0.25, -0.2) is 9.37 Å². The number of carbonyl (C=O) groups excluding carboxylic acids is 1. The Labute approximate surface area is 179 Å². The van der Waals surface area contributed by atoms with E-state index in [2.05, 4.69) is 10.3 Å². The molecule has 0 spiro atoms. The molecule has 1 aromatic heterocycles. The predicted octanol–water partition coefficient (Wildman–Crippen LogP) is 4.97. The fourth-order valence-corrected chi connectivity index (χ4v) is 3.77. The van der Waals surface area contributed by atoms with Crippen LogP contribution >= 0.6 is 0 Å². The maximum Gasteiger partial charge on any atom is 0.265 e. The van der Waals surface area contributed by atoms with Gasteiger partial charge in [0.15, 0.2) is 0 Å². The van der Waals surface area contributed by atoms with E-state index in [1.807, 2.05) is 43.3 Å². The number of aryl methyl sites for hydroxylation is 1. The molecule has 1 atom stereocenters. The van der Waals surface area contributed by atoms with E-state index >= 15 is 0 Å². The Morgan fingerprint density at radius 2 is 1.77 bits per heavy atom. The molecule has 1 N–H and O–H groups in total. The molecule has 0 aliphatic carbocycles. The zero-order chi connectivity index (χ0) is 22.0. The first-order valence-corrected chi connectivity index (χ1v) is 10.1. The second kappa shape index (κ2) is 8.52. The van der Waals surface area contributed by atoms with Gasteiger partial charge in [-0.15, -0.1) is 0 Å². The highest BCUT2D eigenvalue weighted by Gasteiger charge is 2.20. The fourth-order valence-electron chi connectivity index (χ4n) is 3.77. The van der Waals surface area contributed by atoms with E-state index in [0.717, 1.165) is 5.56 Å². The van der Waals surface area contributed by atoms with Crippen LogP contribution in [0.2, 0.25) is 0 Å². The van der Waals surface area contributed by atoms with Crippen molar-refractivity contribution in [2.75, 3.05) is 5.32 Å². The zero-order valence-corrected chi connectivity index (χ0v) is 17.3. The number of nitrogens with one attached hydrogen (secondary N) is 1. The molecule has 4 aromatic rings. The highest BCUT2D eigenvalue weighted by atomic mass is 19.1. The number of para-hydroxylation sites is 1. The molecule has 5 nitrogen and oxygen atoms in total. The molecule has 31 heavy (non-hydrogen) atoms. The third-order valence-corrected chi connectivity index (χ3v) is 5.34. The van der Waals surface area contributed by atoms with Crippen molar-refractivity contribution in [3.8, 4) is 5.69 Å². The first-order valence-electron chi connectivity index (χ1n) is 10.1. The van der Waals surface area contributed by atoms with Crippen LogP contribution in [0.25, 0.3) is 16.6 Å². The molecule has 0 saturated heterocycles. The highest BCUT2D eigenvalue weighted by Crippen LogP contribution is 2.24. The summed E-state index contributed by atoms with van der Waals surface area (Å²) in [6.07, 6.45) is 0.574. The number of hydrogen-bond acceptors (Lipinski definition) is 3. The number of rotatable bonds is 5. The number of carbonyl (C=O) groups is 1. The molecular weight excluding hydrogens is 393 g/mol. The molecule has 0 radical (unpaired) electrons. The Morgan fingerprint density at radius 3 is 2.52 bits per heavy atom. The van der Waals surface area contributed by atoms with E-state index in [0.29, 0.717) is 28.8 Å². The van der Waals surface area contributed by atoms with Crippen molar-refractivity contribution in [1.82, 2.24) is 9.55 Å². The number of benzene rings is 3. The molecule has 1 amide bonds. The summed E-state index contributed by atoms with van der Waals surface area (Å²) in [5, 5.41) is 3.17. The SMILES string of the molecule is CC[C@@H](C(=O)Nc1cc(-n2c(C)nc3ccccc3c2=O)ccc1F)c1ccccc1. The number of fused-ring (bicyclic) bond motifs is 1. The number of anilines is 1. The van der Waals surface area contributed by atoms with Crippen molar-refractivity contribution in [3.05, 3.63) is 100 Å². The topological polar surface area (TPSA) is 64.0 Å². The maximum absolute atomic E-state index is 14.6. The zero-order valence-electron chi connectivity index (χ0n) is 17.3. The number of amides is 1. The van der Waals surface area contributed by atoms with Crippen LogP contribution in [0.4, 0.5) is 10.1 Å². The second-order valence-corrected chi connectivity index (χ2v) is 7.34. The molecule has 6 heteroatoms. The minimum atomic E-state index is -0.570. The molecule has 4 rings (SSSR count). The molecule has 0 fully saturated rings. The van der Waals surface area contributed by atoms with Gasteiger partial charge in [0.25, 0.3) is 5.56 Å². The van der Waals surface area contributed by atoms with E-state index in [-0.39, 0.29) is 17.2 Å². The van der Waals surface area contributed by atoms with Crippen molar-refractivity contribution >= 4 is 22.5 Å². The van der Waals surface area contributed by atoms with Crippen molar-refractivity contribution in [1.29, 1.82) is 0 Å². The normalized spacial score (nSPS) is 12.0. The lowest BCUT2D eigenvalue weighted by molar-refractivity contribution is -0.117. The van der Waals surface area contributed by atoms with Gasteiger partial charge in [0, 0.05) is 0 Å². The maximum atomic E-state index is 14.6. The highest BCUT2D eigenvalue weighted by molar-refractivity contribution is 5.96. The Morgan fingerprint density at radius 1 is 1.06 bits per heavy atom. The third-order valence-electron chi connectivity index (χ3n) is 5.34. The predicted molar refractivity (Wildman–Crippen MR) is 120 cm³/mol. The van der Waals surface area contributed by atoms with E-state index in [1.54, 1.807) is 25.1 Å². The number of hydrogen-bond donors (Lipinski definition) is 1. The Hall–Kier alpha value is -3.80. The van der Waals surface area contributed by atoms with Gasteiger partial charge in [-0.2, -0.15) is 0 Å². The van der Waals surface area contributed by atoms with Gasteiger partial charge >= 0.3 is 0 Å². The van der Waals surface area contributed by atoms with Crippen LogP contribution < -0.4 is 10.9 Å². The molecule has 1 heterocycles. The lowest BCUT2D eigenvalue weighted by Gasteiger charge is -2.17. The molecule has 0 saturated carbocycles. The lowest BCUT2D eigenvalue weighted by Crippen LogP contribution is -2.24. The minimum absolute atomic E-state index is 0.0244. The summed E-state index contributed by atoms with van der Waals surface area (Å²) in [4.78, 5) is 30.4. The van der Waals surface area contributed by atoms with Gasteiger partial charge in [0.05, 0.1) is 28.2 Å². The quantitative estimate of drug-likeness (QED) is 0.501. The van der Waals surface area contributed by atoms with Crippen molar-refractivity contribution in [2.45, 2.75) is 26.2 Å². The Bertz CT molecular complexity index is 1320. The Balaban J connectivity index is 1.72. The van der Waals surface area contributed by atoms with Crippen LogP contribution in [-0.4, -0.2) is 15.5 Å². The summed E-state index contributed by atoms with van der Waals surface area (Å²) in [6, 6.07) is 20.7. The third kappa shape index (κ3) is 3.97. The Kier molecular flexibility index (Phi) is 5.62. The first-order chi connectivity index (χ1) is 15.0. The first kappa shape index (κ1) is 20.5. The van der Waals surface area contributed by atoms with Gasteiger partial charge in [-0.05, 0) is 49.2 Å².